The van der Waals surface area contributed by atoms with E-state index in [0.717, 1.165) is 17.5 Å². The van der Waals surface area contributed by atoms with Crippen LogP contribution in [0.4, 0.5) is 4.39 Å². The fourth-order valence-corrected chi connectivity index (χ4v) is 3.78. The summed E-state index contributed by atoms with van der Waals surface area (Å²) in [5.41, 5.74) is 2.66. The molecule has 1 aliphatic rings. The van der Waals surface area contributed by atoms with Gasteiger partial charge in [-0.1, -0.05) is 43.7 Å². The largest absolute Gasteiger partial charge is 0.356 e. The van der Waals surface area contributed by atoms with Crippen LogP contribution in [-0.4, -0.2) is 36.3 Å². The fourth-order valence-electron chi connectivity index (χ4n) is 3.78. The third kappa shape index (κ3) is 5.22. The smallest absolute Gasteiger partial charge is 0.253 e. The second-order valence-corrected chi connectivity index (χ2v) is 8.31. The first kappa shape index (κ1) is 21.0. The maximum absolute atomic E-state index is 13.2. The first-order valence-electron chi connectivity index (χ1n) is 10.2. The number of amides is 2. The number of aryl methyl sites for hydroxylation is 1. The van der Waals surface area contributed by atoms with Crippen LogP contribution in [0.15, 0.2) is 48.5 Å². The molecule has 1 aliphatic heterocycles. The Bertz CT molecular complexity index is 846. The van der Waals surface area contributed by atoms with Crippen LogP contribution < -0.4 is 5.32 Å². The first-order valence-corrected chi connectivity index (χ1v) is 10.2. The predicted octanol–water partition coefficient (Wildman–Crippen LogP) is 4.15. The van der Waals surface area contributed by atoms with Crippen molar-refractivity contribution >= 4 is 11.8 Å². The van der Waals surface area contributed by atoms with Gasteiger partial charge in [0, 0.05) is 31.1 Å². The molecule has 2 atom stereocenters. The summed E-state index contributed by atoms with van der Waals surface area (Å²) in [5.74, 6) is -0.384. The number of nitrogens with zero attached hydrogens (tertiary/aromatic N) is 1. The standard InChI is InChI=1S/C24H29FN2O2/c1-16(2)12-13-26-23(28)22-15-27(24(29)19-8-10-20(25)11-9-19)14-21(22)18-6-4-17(3)5-7-18/h4-11,16,21-22H,12-15H2,1-3H3,(H,26,28). The Kier molecular flexibility index (Phi) is 6.68. The minimum Gasteiger partial charge on any atom is -0.356 e. The Morgan fingerprint density at radius 3 is 2.34 bits per heavy atom. The summed E-state index contributed by atoms with van der Waals surface area (Å²) in [6.45, 7) is 7.75. The van der Waals surface area contributed by atoms with Gasteiger partial charge in [0.2, 0.25) is 5.91 Å². The second kappa shape index (κ2) is 9.21. The molecule has 1 N–H and O–H groups in total. The molecule has 154 valence electrons. The highest BCUT2D eigenvalue weighted by molar-refractivity contribution is 5.95. The number of carbonyl (C=O) groups excluding carboxylic acids is 2. The van der Waals surface area contributed by atoms with Crippen molar-refractivity contribution in [3.05, 3.63) is 71.0 Å². The van der Waals surface area contributed by atoms with Crippen LogP contribution in [0, 0.1) is 24.6 Å². The van der Waals surface area contributed by atoms with Crippen LogP contribution in [0.5, 0.6) is 0 Å². The van der Waals surface area contributed by atoms with E-state index in [4.69, 9.17) is 0 Å². The molecule has 4 nitrogen and oxygen atoms in total. The number of carbonyl (C=O) groups is 2. The van der Waals surface area contributed by atoms with Gasteiger partial charge in [-0.3, -0.25) is 9.59 Å². The lowest BCUT2D eigenvalue weighted by atomic mass is 9.88. The number of nitrogens with one attached hydrogen (secondary N) is 1. The maximum atomic E-state index is 13.2. The van der Waals surface area contributed by atoms with E-state index in [9.17, 15) is 14.0 Å². The van der Waals surface area contributed by atoms with E-state index in [1.807, 2.05) is 31.2 Å². The van der Waals surface area contributed by atoms with Crippen LogP contribution in [-0.2, 0) is 4.79 Å². The average molecular weight is 397 g/mol. The summed E-state index contributed by atoms with van der Waals surface area (Å²) in [6.07, 6.45) is 0.923. The minimum atomic E-state index is -0.372. The van der Waals surface area contributed by atoms with E-state index in [1.54, 1.807) is 4.90 Å². The summed E-state index contributed by atoms with van der Waals surface area (Å²) in [7, 11) is 0. The highest BCUT2D eigenvalue weighted by atomic mass is 19.1. The Hall–Kier alpha value is -2.69. The highest BCUT2D eigenvalue weighted by Gasteiger charge is 2.40. The lowest BCUT2D eigenvalue weighted by Crippen LogP contribution is -2.36. The van der Waals surface area contributed by atoms with Crippen molar-refractivity contribution in [1.82, 2.24) is 10.2 Å². The number of benzene rings is 2. The second-order valence-electron chi connectivity index (χ2n) is 8.31. The van der Waals surface area contributed by atoms with E-state index >= 15 is 0 Å². The molecule has 0 aliphatic carbocycles. The molecule has 1 saturated heterocycles. The van der Waals surface area contributed by atoms with Crippen molar-refractivity contribution in [3.8, 4) is 0 Å². The molecule has 0 saturated carbocycles. The van der Waals surface area contributed by atoms with Crippen molar-refractivity contribution in [2.75, 3.05) is 19.6 Å². The van der Waals surface area contributed by atoms with Crippen LogP contribution in [0.2, 0.25) is 0 Å². The summed E-state index contributed by atoms with van der Waals surface area (Å²) in [4.78, 5) is 27.6. The molecule has 5 heteroatoms. The molecule has 0 aromatic heterocycles. The van der Waals surface area contributed by atoms with Crippen molar-refractivity contribution in [3.63, 3.8) is 0 Å². The molecule has 0 radical (unpaired) electrons. The van der Waals surface area contributed by atoms with Gasteiger partial charge in [-0.2, -0.15) is 0 Å². The molecule has 1 fully saturated rings. The summed E-state index contributed by atoms with van der Waals surface area (Å²) >= 11 is 0. The van der Waals surface area contributed by atoms with Gasteiger partial charge in [0.15, 0.2) is 0 Å². The topological polar surface area (TPSA) is 49.4 Å². The molecule has 2 amide bonds. The van der Waals surface area contributed by atoms with Crippen molar-refractivity contribution in [2.24, 2.45) is 11.8 Å². The number of halogens is 1. The SMILES string of the molecule is Cc1ccc(C2CN(C(=O)c3ccc(F)cc3)CC2C(=O)NCCC(C)C)cc1. The third-order valence-corrected chi connectivity index (χ3v) is 5.56. The maximum Gasteiger partial charge on any atom is 0.253 e. The van der Waals surface area contributed by atoms with Gasteiger partial charge < -0.3 is 10.2 Å². The van der Waals surface area contributed by atoms with E-state index in [1.165, 1.54) is 24.3 Å². The molecule has 1 heterocycles. The van der Waals surface area contributed by atoms with Gasteiger partial charge in [0.1, 0.15) is 5.82 Å². The van der Waals surface area contributed by atoms with E-state index in [2.05, 4.69) is 19.2 Å². The third-order valence-electron chi connectivity index (χ3n) is 5.56. The lowest BCUT2D eigenvalue weighted by molar-refractivity contribution is -0.124. The van der Waals surface area contributed by atoms with Crippen molar-refractivity contribution < 1.29 is 14.0 Å². The molecule has 2 aromatic carbocycles. The molecule has 3 rings (SSSR count). The van der Waals surface area contributed by atoms with E-state index in [0.29, 0.717) is 31.1 Å². The highest BCUT2D eigenvalue weighted by Crippen LogP contribution is 2.34. The molecule has 0 spiro atoms. The monoisotopic (exact) mass is 396 g/mol. The number of rotatable bonds is 6. The lowest BCUT2D eigenvalue weighted by Gasteiger charge is -2.18. The summed E-state index contributed by atoms with van der Waals surface area (Å²) in [6, 6.07) is 13.7. The van der Waals surface area contributed by atoms with Gasteiger partial charge in [-0.05, 0) is 49.1 Å². The fraction of sp³-hybridized carbons (Fsp3) is 0.417. The molecule has 2 unspecified atom stereocenters. The van der Waals surface area contributed by atoms with Crippen molar-refractivity contribution in [1.29, 1.82) is 0 Å². The minimum absolute atomic E-state index is 0.00867. The van der Waals surface area contributed by atoms with Gasteiger partial charge in [0.05, 0.1) is 5.92 Å². The summed E-state index contributed by atoms with van der Waals surface area (Å²) in [5, 5.41) is 3.05. The zero-order chi connectivity index (χ0) is 21.0. The quantitative estimate of drug-likeness (QED) is 0.797. The van der Waals surface area contributed by atoms with Gasteiger partial charge in [-0.25, -0.2) is 4.39 Å². The molecule has 0 bridgehead atoms. The Morgan fingerprint density at radius 2 is 1.72 bits per heavy atom. The normalized spacial score (nSPS) is 18.9. The van der Waals surface area contributed by atoms with Crippen LogP contribution in [0.1, 0.15) is 47.7 Å². The number of likely N-dealkylation sites (tertiary alicyclic amines) is 1. The van der Waals surface area contributed by atoms with Gasteiger partial charge in [0.25, 0.3) is 5.91 Å². The Balaban J connectivity index is 1.79. The van der Waals surface area contributed by atoms with Crippen LogP contribution in [0.3, 0.4) is 0 Å². The average Bonchev–Trinajstić information content (AvgIpc) is 3.14. The van der Waals surface area contributed by atoms with Crippen LogP contribution >= 0.6 is 0 Å². The molecule has 29 heavy (non-hydrogen) atoms. The van der Waals surface area contributed by atoms with Crippen LogP contribution in [0.25, 0.3) is 0 Å². The van der Waals surface area contributed by atoms with E-state index < -0.39 is 0 Å². The zero-order valence-corrected chi connectivity index (χ0v) is 17.3. The Labute approximate surface area is 172 Å². The summed E-state index contributed by atoms with van der Waals surface area (Å²) < 4.78 is 13.2. The van der Waals surface area contributed by atoms with Gasteiger partial charge >= 0.3 is 0 Å². The van der Waals surface area contributed by atoms with Crippen molar-refractivity contribution in [2.45, 2.75) is 33.1 Å². The predicted molar refractivity (Wildman–Crippen MR) is 112 cm³/mol. The first-order chi connectivity index (χ1) is 13.8. The van der Waals surface area contributed by atoms with Gasteiger partial charge in [-0.15, -0.1) is 0 Å². The Morgan fingerprint density at radius 1 is 1.07 bits per heavy atom. The molecular formula is C24H29FN2O2. The molecular weight excluding hydrogens is 367 g/mol. The number of hydrogen-bond donors (Lipinski definition) is 1. The number of hydrogen-bond acceptors (Lipinski definition) is 2. The molecule has 2 aromatic rings. The zero-order valence-electron chi connectivity index (χ0n) is 17.3. The van der Waals surface area contributed by atoms with E-state index in [-0.39, 0.29) is 29.5 Å².